The third-order valence-corrected chi connectivity index (χ3v) is 2.89. The van der Waals surface area contributed by atoms with Crippen molar-refractivity contribution in [3.8, 4) is 0 Å². The summed E-state index contributed by atoms with van der Waals surface area (Å²) in [6, 6.07) is 3.84. The third-order valence-electron chi connectivity index (χ3n) is 2.89. The second-order valence-electron chi connectivity index (χ2n) is 4.29. The first kappa shape index (κ1) is 13.5. The van der Waals surface area contributed by atoms with Crippen LogP contribution in [0.5, 0.6) is 0 Å². The molecule has 1 unspecified atom stereocenters. The lowest BCUT2D eigenvalue weighted by Crippen LogP contribution is -2.26. The zero-order chi connectivity index (χ0) is 13.8. The molecule has 1 heterocycles. The number of halogens is 1. The molecule has 5 nitrogen and oxygen atoms in total. The van der Waals surface area contributed by atoms with Gasteiger partial charge in [-0.1, -0.05) is 6.07 Å². The topological polar surface area (TPSA) is 62.7 Å². The number of methoxy groups -OCH3 is 1. The van der Waals surface area contributed by atoms with Gasteiger partial charge in [-0.15, -0.1) is 0 Å². The molecule has 1 aliphatic rings. The number of hydrogen-bond donors (Lipinski definition) is 2. The summed E-state index contributed by atoms with van der Waals surface area (Å²) >= 11 is 0. The van der Waals surface area contributed by atoms with Gasteiger partial charge in [0.05, 0.1) is 13.2 Å². The molecule has 1 amide bonds. The van der Waals surface area contributed by atoms with Gasteiger partial charge >= 0.3 is 0 Å². The number of ether oxygens (including phenoxy) is 1. The molecule has 1 aromatic rings. The van der Waals surface area contributed by atoms with E-state index in [0.717, 1.165) is 11.1 Å². The molecule has 102 valence electrons. The van der Waals surface area contributed by atoms with Crippen molar-refractivity contribution in [2.75, 3.05) is 20.3 Å². The number of amides is 1. The molecule has 6 heteroatoms. The van der Waals surface area contributed by atoms with E-state index in [9.17, 15) is 9.18 Å². The normalized spacial score (nSPS) is 20.5. The Balaban J connectivity index is 2.13. The minimum atomic E-state index is -0.526. The predicted molar refractivity (Wildman–Crippen MR) is 69.3 cm³/mol. The highest BCUT2D eigenvalue weighted by Gasteiger charge is 2.30. The SMILES string of the molecule is COCCN=C1NC(=O)C(c2ccc(F)cc2C)N1. The van der Waals surface area contributed by atoms with Crippen LogP contribution in [0.25, 0.3) is 0 Å². The predicted octanol–water partition coefficient (Wildman–Crippen LogP) is 0.897. The first-order chi connectivity index (χ1) is 9.11. The molecular formula is C13H16FN3O2. The van der Waals surface area contributed by atoms with Crippen molar-refractivity contribution < 1.29 is 13.9 Å². The van der Waals surface area contributed by atoms with E-state index >= 15 is 0 Å². The Morgan fingerprint density at radius 3 is 2.95 bits per heavy atom. The monoisotopic (exact) mass is 265 g/mol. The highest BCUT2D eigenvalue weighted by atomic mass is 19.1. The van der Waals surface area contributed by atoms with Gasteiger partial charge in [0.1, 0.15) is 11.9 Å². The molecule has 2 N–H and O–H groups in total. The zero-order valence-electron chi connectivity index (χ0n) is 10.9. The van der Waals surface area contributed by atoms with E-state index < -0.39 is 6.04 Å². The Kier molecular flexibility index (Phi) is 4.11. The third kappa shape index (κ3) is 3.08. The Bertz CT molecular complexity index is 517. The van der Waals surface area contributed by atoms with Crippen LogP contribution in [0.3, 0.4) is 0 Å². The maximum atomic E-state index is 13.1. The largest absolute Gasteiger partial charge is 0.383 e. The number of carbonyl (C=O) groups excluding carboxylic acids is 1. The number of carbonyl (C=O) groups is 1. The fourth-order valence-electron chi connectivity index (χ4n) is 1.94. The fourth-order valence-corrected chi connectivity index (χ4v) is 1.94. The number of rotatable bonds is 4. The molecule has 2 rings (SSSR count). The van der Waals surface area contributed by atoms with Crippen LogP contribution in [0, 0.1) is 12.7 Å². The van der Waals surface area contributed by atoms with Gasteiger partial charge in [-0.2, -0.15) is 0 Å². The lowest BCUT2D eigenvalue weighted by molar-refractivity contribution is -0.120. The molecule has 0 radical (unpaired) electrons. The van der Waals surface area contributed by atoms with Gasteiger partial charge in [-0.3, -0.25) is 15.1 Å². The molecule has 0 aliphatic carbocycles. The summed E-state index contributed by atoms with van der Waals surface area (Å²) in [5, 5.41) is 5.64. The van der Waals surface area contributed by atoms with Crippen molar-refractivity contribution in [3.05, 3.63) is 35.1 Å². The maximum Gasteiger partial charge on any atom is 0.253 e. The number of aryl methyl sites for hydroxylation is 1. The molecule has 1 saturated heterocycles. The van der Waals surface area contributed by atoms with Crippen molar-refractivity contribution in [2.24, 2.45) is 4.99 Å². The molecule has 1 fully saturated rings. The van der Waals surface area contributed by atoms with Crippen LogP contribution in [0.15, 0.2) is 23.2 Å². The average molecular weight is 265 g/mol. The van der Waals surface area contributed by atoms with E-state index in [1.165, 1.54) is 12.1 Å². The van der Waals surface area contributed by atoms with Gasteiger partial charge in [0.15, 0.2) is 5.96 Å². The summed E-state index contributed by atoms with van der Waals surface area (Å²) in [6.07, 6.45) is 0. The Labute approximate surface area is 110 Å². The van der Waals surface area contributed by atoms with Crippen molar-refractivity contribution in [1.82, 2.24) is 10.6 Å². The Morgan fingerprint density at radius 1 is 1.47 bits per heavy atom. The number of guanidine groups is 1. The van der Waals surface area contributed by atoms with Crippen LogP contribution < -0.4 is 10.6 Å². The summed E-state index contributed by atoms with van der Waals surface area (Å²) in [6.45, 7) is 2.73. The van der Waals surface area contributed by atoms with Crippen molar-refractivity contribution in [1.29, 1.82) is 0 Å². The number of benzene rings is 1. The van der Waals surface area contributed by atoms with Gasteiger partial charge in [-0.05, 0) is 30.2 Å². The molecule has 0 spiro atoms. The van der Waals surface area contributed by atoms with E-state index in [2.05, 4.69) is 15.6 Å². The van der Waals surface area contributed by atoms with Crippen LogP contribution in [0.4, 0.5) is 4.39 Å². The summed E-state index contributed by atoms with van der Waals surface area (Å²) in [5.41, 5.74) is 1.47. The minimum absolute atomic E-state index is 0.189. The van der Waals surface area contributed by atoms with Crippen LogP contribution in [-0.2, 0) is 9.53 Å². The maximum absolute atomic E-state index is 13.1. The number of aliphatic imine (C=N–C) groups is 1. The molecule has 1 aromatic carbocycles. The van der Waals surface area contributed by atoms with E-state index in [4.69, 9.17) is 4.74 Å². The van der Waals surface area contributed by atoms with Crippen LogP contribution in [-0.4, -0.2) is 32.1 Å². The van der Waals surface area contributed by atoms with Crippen LogP contribution in [0.2, 0.25) is 0 Å². The lowest BCUT2D eigenvalue weighted by atomic mass is 10.0. The standard InChI is InChI=1S/C13H16FN3O2/c1-8-7-9(14)3-4-10(8)11-12(18)17-13(16-11)15-5-6-19-2/h3-4,7,11H,5-6H2,1-2H3,(H2,15,16,17,18). The van der Waals surface area contributed by atoms with Crippen molar-refractivity contribution >= 4 is 11.9 Å². The first-order valence-electron chi connectivity index (χ1n) is 5.98. The molecule has 1 aliphatic heterocycles. The van der Waals surface area contributed by atoms with E-state index in [0.29, 0.717) is 19.1 Å². The minimum Gasteiger partial charge on any atom is -0.383 e. The van der Waals surface area contributed by atoms with E-state index in [1.54, 1.807) is 20.1 Å². The Hall–Kier alpha value is -1.95. The van der Waals surface area contributed by atoms with E-state index in [1.807, 2.05) is 0 Å². The molecule has 0 saturated carbocycles. The smallest absolute Gasteiger partial charge is 0.253 e. The number of nitrogens with one attached hydrogen (secondary N) is 2. The second kappa shape index (κ2) is 5.79. The second-order valence-corrected chi connectivity index (χ2v) is 4.29. The number of nitrogens with zero attached hydrogens (tertiary/aromatic N) is 1. The summed E-state index contributed by atoms with van der Waals surface area (Å²) in [7, 11) is 1.59. The van der Waals surface area contributed by atoms with Gasteiger partial charge in [0, 0.05) is 7.11 Å². The molecule has 1 atom stereocenters. The zero-order valence-corrected chi connectivity index (χ0v) is 10.9. The summed E-state index contributed by atoms with van der Waals surface area (Å²) in [4.78, 5) is 16.0. The van der Waals surface area contributed by atoms with Crippen molar-refractivity contribution in [3.63, 3.8) is 0 Å². The highest BCUT2D eigenvalue weighted by molar-refractivity contribution is 6.06. The van der Waals surface area contributed by atoms with Gasteiger partial charge in [-0.25, -0.2) is 4.39 Å². The molecule has 0 bridgehead atoms. The fraction of sp³-hybridized carbons (Fsp3) is 0.385. The Morgan fingerprint density at radius 2 is 2.26 bits per heavy atom. The number of hydrogen-bond acceptors (Lipinski definition) is 3. The summed E-state index contributed by atoms with van der Waals surface area (Å²) in [5.74, 6) is -0.0738. The van der Waals surface area contributed by atoms with E-state index in [-0.39, 0.29) is 11.7 Å². The quantitative estimate of drug-likeness (QED) is 0.795. The average Bonchev–Trinajstić information content (AvgIpc) is 2.71. The van der Waals surface area contributed by atoms with Gasteiger partial charge in [0.25, 0.3) is 5.91 Å². The molecule has 0 aromatic heterocycles. The highest BCUT2D eigenvalue weighted by Crippen LogP contribution is 2.21. The summed E-state index contributed by atoms with van der Waals surface area (Å²) < 4.78 is 17.9. The first-order valence-corrected chi connectivity index (χ1v) is 5.98. The van der Waals surface area contributed by atoms with Crippen molar-refractivity contribution in [2.45, 2.75) is 13.0 Å². The van der Waals surface area contributed by atoms with Crippen LogP contribution >= 0.6 is 0 Å². The molecular weight excluding hydrogens is 249 g/mol. The van der Waals surface area contributed by atoms with Gasteiger partial charge in [0.2, 0.25) is 0 Å². The lowest BCUT2D eigenvalue weighted by Gasteiger charge is -2.11. The van der Waals surface area contributed by atoms with Crippen LogP contribution in [0.1, 0.15) is 17.2 Å². The van der Waals surface area contributed by atoms with Gasteiger partial charge < -0.3 is 10.1 Å². The molecule has 19 heavy (non-hydrogen) atoms.